The van der Waals surface area contributed by atoms with Crippen molar-refractivity contribution in [2.75, 3.05) is 27.3 Å². The summed E-state index contributed by atoms with van der Waals surface area (Å²) in [4.78, 5) is 17.4. The molecule has 2 heterocycles. The fourth-order valence-electron chi connectivity index (χ4n) is 4.35. The number of ether oxygens (including phenoxy) is 2. The van der Waals surface area contributed by atoms with Crippen molar-refractivity contribution in [1.29, 1.82) is 0 Å². The lowest BCUT2D eigenvalue weighted by atomic mass is 9.80. The van der Waals surface area contributed by atoms with E-state index in [1.165, 1.54) is 15.4 Å². The van der Waals surface area contributed by atoms with Gasteiger partial charge in [0.25, 0.3) is 6.47 Å². The number of piperidine rings is 1. The van der Waals surface area contributed by atoms with Gasteiger partial charge in [0.2, 0.25) is 0 Å². The first kappa shape index (κ1) is 26.7. The maximum atomic E-state index is 8.36. The van der Waals surface area contributed by atoms with E-state index in [-0.39, 0.29) is 17.4 Å². The van der Waals surface area contributed by atoms with Crippen molar-refractivity contribution in [1.82, 2.24) is 9.88 Å². The second kappa shape index (κ2) is 11.2. The highest BCUT2D eigenvalue weighted by atomic mass is 32.1. The molecule has 2 aromatic carbocycles. The first-order valence-electron chi connectivity index (χ1n) is 11.8. The van der Waals surface area contributed by atoms with Crippen molar-refractivity contribution in [3.05, 3.63) is 53.5 Å². The Balaban J connectivity index is 0.00000108. The van der Waals surface area contributed by atoms with E-state index in [1.54, 1.807) is 14.2 Å². The van der Waals surface area contributed by atoms with Crippen molar-refractivity contribution in [2.45, 2.75) is 51.5 Å². The van der Waals surface area contributed by atoms with Crippen molar-refractivity contribution >= 4 is 17.8 Å². The molecular weight excluding hydrogens is 460 g/mol. The standard InChI is InChI=1S/C27H34N2O2S.CH2O2/c1-26(2,3)29-17-15-27(4,16-18-29)25-28-23(19-7-11-21(30-5)12-8-19)24(32-25)20-9-13-22(31-6)14-10-20;2-1-3/h7-14H,15-18H2,1-6H3;1H,(H,2,3). The van der Waals surface area contributed by atoms with Crippen molar-refractivity contribution < 1.29 is 19.4 Å². The third-order valence-electron chi connectivity index (χ3n) is 6.67. The molecule has 6 nitrogen and oxygen atoms in total. The number of hydrogen-bond donors (Lipinski definition) is 1. The summed E-state index contributed by atoms with van der Waals surface area (Å²) in [5.41, 5.74) is 3.66. The van der Waals surface area contributed by atoms with Gasteiger partial charge in [-0.2, -0.15) is 0 Å². The molecule has 0 radical (unpaired) electrons. The van der Waals surface area contributed by atoms with Gasteiger partial charge in [0.1, 0.15) is 11.5 Å². The van der Waals surface area contributed by atoms with Gasteiger partial charge in [-0.25, -0.2) is 4.98 Å². The predicted octanol–water partition coefficient (Wildman–Crippen LogP) is 6.35. The van der Waals surface area contributed by atoms with Crippen LogP contribution < -0.4 is 9.47 Å². The van der Waals surface area contributed by atoms with Crippen LogP contribution in [0.15, 0.2) is 48.5 Å². The molecule has 1 aliphatic rings. The molecule has 0 bridgehead atoms. The first-order chi connectivity index (χ1) is 16.6. The molecule has 1 aromatic heterocycles. The minimum atomic E-state index is -0.250. The summed E-state index contributed by atoms with van der Waals surface area (Å²) in [6.45, 7) is 11.3. The third-order valence-corrected chi connectivity index (χ3v) is 8.09. The van der Waals surface area contributed by atoms with E-state index in [0.29, 0.717) is 0 Å². The van der Waals surface area contributed by atoms with Crippen LogP contribution >= 0.6 is 11.3 Å². The van der Waals surface area contributed by atoms with E-state index < -0.39 is 0 Å². The van der Waals surface area contributed by atoms with Gasteiger partial charge in [0, 0.05) is 16.5 Å². The number of carboxylic acid groups (broad SMARTS) is 1. The van der Waals surface area contributed by atoms with Crippen LogP contribution in [0.2, 0.25) is 0 Å². The predicted molar refractivity (Wildman–Crippen MR) is 143 cm³/mol. The fourth-order valence-corrected chi connectivity index (χ4v) is 5.64. The van der Waals surface area contributed by atoms with Crippen LogP contribution in [0.25, 0.3) is 21.7 Å². The molecular formula is C28H36N2O4S. The highest BCUT2D eigenvalue weighted by Gasteiger charge is 2.38. The van der Waals surface area contributed by atoms with Crippen LogP contribution in [0.5, 0.6) is 11.5 Å². The molecule has 35 heavy (non-hydrogen) atoms. The van der Waals surface area contributed by atoms with E-state index in [1.807, 2.05) is 35.6 Å². The molecule has 3 aromatic rings. The van der Waals surface area contributed by atoms with E-state index >= 15 is 0 Å². The Kier molecular flexibility index (Phi) is 8.56. The minimum absolute atomic E-state index is 0.0956. The lowest BCUT2D eigenvalue weighted by Crippen LogP contribution is -2.49. The van der Waals surface area contributed by atoms with Gasteiger partial charge in [-0.15, -0.1) is 11.3 Å². The average molecular weight is 497 g/mol. The summed E-state index contributed by atoms with van der Waals surface area (Å²) in [6.07, 6.45) is 2.25. The third kappa shape index (κ3) is 6.21. The highest BCUT2D eigenvalue weighted by Crippen LogP contribution is 2.45. The molecule has 0 amide bonds. The zero-order chi connectivity index (χ0) is 25.6. The monoisotopic (exact) mass is 496 g/mol. The average Bonchev–Trinajstić information content (AvgIpc) is 3.31. The summed E-state index contributed by atoms with van der Waals surface area (Å²) >= 11 is 1.84. The van der Waals surface area contributed by atoms with Gasteiger partial charge >= 0.3 is 0 Å². The van der Waals surface area contributed by atoms with Gasteiger partial charge in [0.05, 0.1) is 29.8 Å². The molecule has 7 heteroatoms. The molecule has 188 valence electrons. The van der Waals surface area contributed by atoms with Gasteiger partial charge in [-0.05, 0) is 101 Å². The molecule has 0 aliphatic carbocycles. The molecule has 4 rings (SSSR count). The van der Waals surface area contributed by atoms with Gasteiger partial charge in [-0.3, -0.25) is 9.69 Å². The number of nitrogens with zero attached hydrogens (tertiary/aromatic N) is 2. The number of rotatable bonds is 5. The maximum absolute atomic E-state index is 8.36. The smallest absolute Gasteiger partial charge is 0.290 e. The van der Waals surface area contributed by atoms with Crippen molar-refractivity contribution in [3.8, 4) is 33.2 Å². The summed E-state index contributed by atoms with van der Waals surface area (Å²) < 4.78 is 10.7. The number of benzene rings is 2. The highest BCUT2D eigenvalue weighted by molar-refractivity contribution is 7.15. The Morgan fingerprint density at radius 3 is 1.83 bits per heavy atom. The Hall–Kier alpha value is -2.90. The Morgan fingerprint density at radius 1 is 0.943 bits per heavy atom. The molecule has 1 fully saturated rings. The van der Waals surface area contributed by atoms with Gasteiger partial charge in [-0.1, -0.05) is 6.92 Å². The van der Waals surface area contributed by atoms with Crippen LogP contribution in [0.4, 0.5) is 0 Å². The molecule has 1 saturated heterocycles. The number of aromatic nitrogens is 1. The van der Waals surface area contributed by atoms with E-state index in [2.05, 4.69) is 56.9 Å². The zero-order valence-corrected chi connectivity index (χ0v) is 22.3. The van der Waals surface area contributed by atoms with E-state index in [0.717, 1.165) is 48.7 Å². The Bertz CT molecular complexity index is 1030. The van der Waals surface area contributed by atoms with Crippen molar-refractivity contribution in [2.24, 2.45) is 0 Å². The van der Waals surface area contributed by atoms with E-state index in [9.17, 15) is 0 Å². The summed E-state index contributed by atoms with van der Waals surface area (Å²) in [6, 6.07) is 16.5. The molecule has 0 saturated carbocycles. The summed E-state index contributed by atoms with van der Waals surface area (Å²) in [5.74, 6) is 1.72. The van der Waals surface area contributed by atoms with Crippen LogP contribution in [0, 0.1) is 0 Å². The van der Waals surface area contributed by atoms with Gasteiger partial charge < -0.3 is 14.6 Å². The minimum Gasteiger partial charge on any atom is -0.497 e. The summed E-state index contributed by atoms with van der Waals surface area (Å²) in [5, 5.41) is 8.13. The lowest BCUT2D eigenvalue weighted by Gasteiger charge is -2.44. The van der Waals surface area contributed by atoms with Crippen LogP contribution in [-0.2, 0) is 10.2 Å². The Morgan fingerprint density at radius 2 is 1.40 bits per heavy atom. The molecule has 0 atom stereocenters. The first-order valence-corrected chi connectivity index (χ1v) is 12.6. The van der Waals surface area contributed by atoms with Gasteiger partial charge in [0.15, 0.2) is 0 Å². The Labute approximate surface area is 212 Å². The lowest BCUT2D eigenvalue weighted by molar-refractivity contribution is -0.122. The number of likely N-dealkylation sites (tertiary alicyclic amines) is 1. The SMILES string of the molecule is COc1ccc(-c2nc(C3(C)CCN(C(C)(C)C)CC3)sc2-c2ccc(OC)cc2)cc1.O=CO. The molecule has 1 N–H and O–H groups in total. The number of methoxy groups -OCH3 is 2. The zero-order valence-electron chi connectivity index (χ0n) is 21.5. The van der Waals surface area contributed by atoms with E-state index in [4.69, 9.17) is 24.4 Å². The number of thiazole rings is 1. The maximum Gasteiger partial charge on any atom is 0.290 e. The van der Waals surface area contributed by atoms with Crippen LogP contribution in [0.1, 0.15) is 45.5 Å². The second-order valence-corrected chi connectivity index (χ2v) is 11.0. The fraction of sp³-hybridized carbons (Fsp3) is 0.429. The molecule has 1 aliphatic heterocycles. The molecule has 0 unspecified atom stereocenters. The van der Waals surface area contributed by atoms with Crippen LogP contribution in [0.3, 0.4) is 0 Å². The largest absolute Gasteiger partial charge is 0.497 e. The van der Waals surface area contributed by atoms with Crippen molar-refractivity contribution in [3.63, 3.8) is 0 Å². The number of hydrogen-bond acceptors (Lipinski definition) is 6. The molecule has 0 spiro atoms. The topological polar surface area (TPSA) is 71.9 Å². The van der Waals surface area contributed by atoms with Crippen LogP contribution in [-0.4, -0.2) is 54.3 Å². The number of carbonyl (C=O) groups is 1. The normalized spacial score (nSPS) is 15.6. The second-order valence-electron chi connectivity index (χ2n) is 9.98. The summed E-state index contributed by atoms with van der Waals surface area (Å²) in [7, 11) is 3.40. The quantitative estimate of drug-likeness (QED) is 0.415.